The molecule has 1 saturated heterocycles. The normalized spacial score (nSPS) is 16.4. The average Bonchev–Trinajstić information content (AvgIpc) is 3.11. The van der Waals surface area contributed by atoms with E-state index in [9.17, 15) is 5.11 Å². The lowest BCUT2D eigenvalue weighted by Crippen LogP contribution is -2.49. The van der Waals surface area contributed by atoms with Crippen LogP contribution in [-0.2, 0) is 18.4 Å². The molecule has 29 heavy (non-hydrogen) atoms. The number of benzene rings is 1. The van der Waals surface area contributed by atoms with Crippen molar-refractivity contribution in [3.63, 3.8) is 0 Å². The van der Waals surface area contributed by atoms with Crippen molar-refractivity contribution >= 4 is 28.5 Å². The number of nitrogens with zero attached hydrogens (tertiary/aromatic N) is 6. The van der Waals surface area contributed by atoms with Crippen LogP contribution in [0, 0.1) is 0 Å². The van der Waals surface area contributed by atoms with Crippen molar-refractivity contribution in [2.24, 2.45) is 7.05 Å². The van der Waals surface area contributed by atoms with Gasteiger partial charge in [-0.1, -0.05) is 29.8 Å². The largest absolute Gasteiger partial charge is 0.389 e. The van der Waals surface area contributed by atoms with Gasteiger partial charge in [-0.05, 0) is 11.6 Å². The minimum Gasteiger partial charge on any atom is -0.389 e. The molecular formula is C20H25ClN6O2. The van der Waals surface area contributed by atoms with Crippen LogP contribution in [0.4, 0.5) is 5.82 Å². The molecule has 3 heterocycles. The fourth-order valence-corrected chi connectivity index (χ4v) is 3.81. The highest BCUT2D eigenvalue weighted by molar-refractivity contribution is 6.31. The van der Waals surface area contributed by atoms with Crippen molar-refractivity contribution < 1.29 is 9.84 Å². The van der Waals surface area contributed by atoms with E-state index in [-0.39, 0.29) is 6.61 Å². The molecule has 154 valence electrons. The zero-order valence-electron chi connectivity index (χ0n) is 16.4. The molecule has 0 unspecified atom stereocenters. The van der Waals surface area contributed by atoms with Gasteiger partial charge in [-0.2, -0.15) is 5.10 Å². The second-order valence-corrected chi connectivity index (χ2v) is 7.66. The second-order valence-electron chi connectivity index (χ2n) is 7.25. The number of aliphatic hydroxyl groups is 1. The first-order valence-corrected chi connectivity index (χ1v) is 10.1. The Morgan fingerprint density at radius 1 is 1.17 bits per heavy atom. The van der Waals surface area contributed by atoms with E-state index < -0.39 is 6.10 Å². The van der Waals surface area contributed by atoms with Gasteiger partial charge >= 0.3 is 0 Å². The van der Waals surface area contributed by atoms with Crippen molar-refractivity contribution in [3.05, 3.63) is 47.4 Å². The smallest absolute Gasteiger partial charge is 0.163 e. The Morgan fingerprint density at radius 2 is 1.97 bits per heavy atom. The molecule has 1 aromatic carbocycles. The van der Waals surface area contributed by atoms with Gasteiger partial charge in [-0.15, -0.1) is 0 Å². The van der Waals surface area contributed by atoms with Crippen molar-refractivity contribution in [2.75, 3.05) is 44.2 Å². The predicted octanol–water partition coefficient (Wildman–Crippen LogP) is 1.72. The van der Waals surface area contributed by atoms with Crippen LogP contribution >= 0.6 is 11.6 Å². The predicted molar refractivity (Wildman–Crippen MR) is 112 cm³/mol. The van der Waals surface area contributed by atoms with E-state index in [1.54, 1.807) is 11.0 Å². The number of anilines is 1. The summed E-state index contributed by atoms with van der Waals surface area (Å²) in [6, 6.07) is 7.59. The van der Waals surface area contributed by atoms with Gasteiger partial charge in [-0.25, -0.2) is 9.97 Å². The molecule has 8 nitrogen and oxygen atoms in total. The van der Waals surface area contributed by atoms with E-state index in [0.29, 0.717) is 18.2 Å². The quantitative estimate of drug-likeness (QED) is 0.628. The summed E-state index contributed by atoms with van der Waals surface area (Å²) in [6.45, 7) is 4.67. The number of ether oxygens (including phenoxy) is 1. The van der Waals surface area contributed by atoms with Crippen LogP contribution in [0.2, 0.25) is 5.02 Å². The average molecular weight is 417 g/mol. The van der Waals surface area contributed by atoms with Gasteiger partial charge in [0.05, 0.1) is 30.9 Å². The molecule has 3 aromatic rings. The van der Waals surface area contributed by atoms with Crippen LogP contribution in [-0.4, -0.2) is 75.2 Å². The lowest BCUT2D eigenvalue weighted by atomic mass is 10.2. The summed E-state index contributed by atoms with van der Waals surface area (Å²) < 4.78 is 7.41. The first-order valence-electron chi connectivity index (χ1n) is 9.71. The standard InChI is InChI=1S/C20H25ClN6O2/c1-25-19-17(10-24-25)20(23-14-22-19)27-8-6-26(7-9-27)11-16(28)13-29-12-15-4-2-3-5-18(15)21/h2-5,10,14,16,28H,6-9,11-13H2,1H3/t16-/m0/s1. The Morgan fingerprint density at radius 3 is 2.76 bits per heavy atom. The third kappa shape index (κ3) is 4.67. The molecule has 1 fully saturated rings. The maximum Gasteiger partial charge on any atom is 0.163 e. The van der Waals surface area contributed by atoms with Gasteiger partial charge in [-0.3, -0.25) is 9.58 Å². The Kier molecular flexibility index (Phi) is 6.25. The van der Waals surface area contributed by atoms with E-state index in [1.807, 2.05) is 37.5 Å². The maximum atomic E-state index is 10.3. The van der Waals surface area contributed by atoms with Crippen LogP contribution in [0.15, 0.2) is 36.8 Å². The molecule has 1 N–H and O–H groups in total. The molecule has 4 rings (SSSR count). The lowest BCUT2D eigenvalue weighted by Gasteiger charge is -2.36. The highest BCUT2D eigenvalue weighted by Gasteiger charge is 2.22. The first kappa shape index (κ1) is 20.0. The SMILES string of the molecule is Cn1ncc2c(N3CCN(C[C@H](O)COCc4ccccc4Cl)CC3)ncnc21. The van der Waals surface area contributed by atoms with Crippen molar-refractivity contribution in [2.45, 2.75) is 12.7 Å². The van der Waals surface area contributed by atoms with Crippen molar-refractivity contribution in [1.82, 2.24) is 24.6 Å². The number of aliphatic hydroxyl groups excluding tert-OH is 1. The number of aryl methyl sites for hydroxylation is 1. The fraction of sp³-hybridized carbons (Fsp3) is 0.450. The number of fused-ring (bicyclic) bond motifs is 1. The Balaban J connectivity index is 1.25. The zero-order valence-corrected chi connectivity index (χ0v) is 17.2. The van der Waals surface area contributed by atoms with E-state index in [1.165, 1.54) is 0 Å². The van der Waals surface area contributed by atoms with Gasteiger partial charge < -0.3 is 14.7 Å². The Hall–Kier alpha value is -2.26. The van der Waals surface area contributed by atoms with Gasteiger partial charge in [0.1, 0.15) is 12.1 Å². The van der Waals surface area contributed by atoms with Crippen LogP contribution in [0.5, 0.6) is 0 Å². The molecule has 0 radical (unpaired) electrons. The molecule has 0 spiro atoms. The van der Waals surface area contributed by atoms with E-state index in [0.717, 1.165) is 48.6 Å². The number of hydrogen-bond acceptors (Lipinski definition) is 7. The first-order chi connectivity index (χ1) is 14.1. The third-order valence-corrected chi connectivity index (χ3v) is 5.54. The number of rotatable bonds is 7. The molecule has 0 amide bonds. The molecule has 1 aliphatic rings. The van der Waals surface area contributed by atoms with Crippen molar-refractivity contribution in [3.8, 4) is 0 Å². The summed E-state index contributed by atoms with van der Waals surface area (Å²) in [6.07, 6.45) is 2.87. The zero-order chi connectivity index (χ0) is 20.2. The van der Waals surface area contributed by atoms with E-state index in [2.05, 4.69) is 24.9 Å². The second kappa shape index (κ2) is 9.04. The number of piperazine rings is 1. The van der Waals surface area contributed by atoms with Gasteiger partial charge in [0.15, 0.2) is 5.65 Å². The van der Waals surface area contributed by atoms with Crippen LogP contribution in [0.1, 0.15) is 5.56 Å². The highest BCUT2D eigenvalue weighted by Crippen LogP contribution is 2.23. The molecular weight excluding hydrogens is 392 g/mol. The molecule has 1 aliphatic heterocycles. The van der Waals surface area contributed by atoms with Crippen LogP contribution in [0.3, 0.4) is 0 Å². The minimum absolute atomic E-state index is 0.285. The summed E-state index contributed by atoms with van der Waals surface area (Å²) in [4.78, 5) is 13.3. The number of halogens is 1. The summed E-state index contributed by atoms with van der Waals surface area (Å²) in [5.41, 5.74) is 1.77. The lowest BCUT2D eigenvalue weighted by molar-refractivity contribution is 0.00915. The van der Waals surface area contributed by atoms with Crippen LogP contribution in [0.25, 0.3) is 11.0 Å². The monoisotopic (exact) mass is 416 g/mol. The molecule has 1 atom stereocenters. The van der Waals surface area contributed by atoms with Gasteiger partial charge in [0.25, 0.3) is 0 Å². The van der Waals surface area contributed by atoms with Gasteiger partial charge in [0.2, 0.25) is 0 Å². The maximum absolute atomic E-state index is 10.3. The molecule has 0 aliphatic carbocycles. The topological polar surface area (TPSA) is 79.5 Å². The minimum atomic E-state index is -0.534. The highest BCUT2D eigenvalue weighted by atomic mass is 35.5. The summed E-state index contributed by atoms with van der Waals surface area (Å²) in [7, 11) is 1.88. The molecule has 9 heteroatoms. The van der Waals surface area contributed by atoms with Crippen molar-refractivity contribution in [1.29, 1.82) is 0 Å². The number of hydrogen-bond donors (Lipinski definition) is 1. The summed E-state index contributed by atoms with van der Waals surface area (Å²) in [5, 5.41) is 16.3. The molecule has 0 bridgehead atoms. The Labute approximate surface area is 174 Å². The van der Waals surface area contributed by atoms with Gasteiger partial charge in [0, 0.05) is 44.8 Å². The van der Waals surface area contributed by atoms with E-state index >= 15 is 0 Å². The molecule has 2 aromatic heterocycles. The fourth-order valence-electron chi connectivity index (χ4n) is 3.62. The van der Waals surface area contributed by atoms with Crippen LogP contribution < -0.4 is 4.90 Å². The summed E-state index contributed by atoms with van der Waals surface area (Å²) in [5.74, 6) is 0.923. The van der Waals surface area contributed by atoms with E-state index in [4.69, 9.17) is 16.3 Å². The Bertz CT molecular complexity index is 957. The molecule has 0 saturated carbocycles. The number of β-amino-alcohol motifs (C(OH)–C–C–N with tert-alkyl or cyclic N) is 1. The third-order valence-electron chi connectivity index (χ3n) is 5.17. The number of aromatic nitrogens is 4. The summed E-state index contributed by atoms with van der Waals surface area (Å²) >= 11 is 6.13.